The van der Waals surface area contributed by atoms with E-state index in [4.69, 9.17) is 4.74 Å². The molecule has 0 bridgehead atoms. The molecule has 0 amide bonds. The van der Waals surface area contributed by atoms with E-state index < -0.39 is 0 Å². The summed E-state index contributed by atoms with van der Waals surface area (Å²) in [6.45, 7) is 7.45. The minimum Gasteiger partial charge on any atom is -0.381 e. The SMILES string of the molecule is CN=C(NCCCOCC(C)C)NCCc1ccc(F)cc1.I. The van der Waals surface area contributed by atoms with Crippen LogP contribution in [0.15, 0.2) is 29.3 Å². The minimum absolute atomic E-state index is 0. The predicted octanol–water partition coefficient (Wildman–Crippen LogP) is 3.21. The molecule has 1 aromatic carbocycles. The molecule has 1 aromatic rings. The number of nitrogens with one attached hydrogen (secondary N) is 2. The van der Waals surface area contributed by atoms with Gasteiger partial charge in [0.25, 0.3) is 0 Å². The summed E-state index contributed by atoms with van der Waals surface area (Å²) < 4.78 is 18.3. The Morgan fingerprint density at radius 1 is 1.17 bits per heavy atom. The molecule has 2 N–H and O–H groups in total. The van der Waals surface area contributed by atoms with Gasteiger partial charge in [-0.15, -0.1) is 24.0 Å². The Hall–Kier alpha value is -0.890. The fourth-order valence-electron chi connectivity index (χ4n) is 1.90. The van der Waals surface area contributed by atoms with Gasteiger partial charge in [0.05, 0.1) is 0 Å². The molecule has 0 radical (unpaired) electrons. The second-order valence-corrected chi connectivity index (χ2v) is 5.62. The van der Waals surface area contributed by atoms with Crippen molar-refractivity contribution >= 4 is 29.9 Å². The minimum atomic E-state index is -0.200. The number of guanidine groups is 1. The molecule has 0 fully saturated rings. The monoisotopic (exact) mass is 437 g/mol. The third-order valence-electron chi connectivity index (χ3n) is 3.05. The smallest absolute Gasteiger partial charge is 0.190 e. The Balaban J connectivity index is 0.00000484. The number of ether oxygens (including phenoxy) is 1. The van der Waals surface area contributed by atoms with Crippen molar-refractivity contribution in [3.63, 3.8) is 0 Å². The van der Waals surface area contributed by atoms with Crippen LogP contribution in [-0.4, -0.2) is 39.3 Å². The van der Waals surface area contributed by atoms with Gasteiger partial charge in [-0.05, 0) is 36.5 Å². The number of hydrogen-bond acceptors (Lipinski definition) is 2. The van der Waals surface area contributed by atoms with Gasteiger partial charge in [0.2, 0.25) is 0 Å². The summed E-state index contributed by atoms with van der Waals surface area (Å²) in [5, 5.41) is 6.50. The average molecular weight is 437 g/mol. The summed E-state index contributed by atoms with van der Waals surface area (Å²) in [6, 6.07) is 6.58. The lowest BCUT2D eigenvalue weighted by Crippen LogP contribution is -2.39. The van der Waals surface area contributed by atoms with Crippen LogP contribution in [0.4, 0.5) is 4.39 Å². The van der Waals surface area contributed by atoms with E-state index in [1.165, 1.54) is 12.1 Å². The molecule has 0 aliphatic carbocycles. The van der Waals surface area contributed by atoms with Crippen molar-refractivity contribution in [2.24, 2.45) is 10.9 Å². The van der Waals surface area contributed by atoms with Crippen molar-refractivity contribution in [1.29, 1.82) is 0 Å². The Kier molecular flexibility index (Phi) is 13.0. The van der Waals surface area contributed by atoms with Gasteiger partial charge in [-0.3, -0.25) is 4.99 Å². The first-order chi connectivity index (χ1) is 10.6. The first-order valence-corrected chi connectivity index (χ1v) is 7.88. The molecule has 6 heteroatoms. The predicted molar refractivity (Wildman–Crippen MR) is 105 cm³/mol. The van der Waals surface area contributed by atoms with Gasteiger partial charge in [-0.25, -0.2) is 4.39 Å². The Bertz CT molecular complexity index is 438. The molecule has 4 nitrogen and oxygen atoms in total. The van der Waals surface area contributed by atoms with Crippen molar-refractivity contribution in [2.75, 3.05) is 33.4 Å². The van der Waals surface area contributed by atoms with Crippen LogP contribution in [0.1, 0.15) is 25.8 Å². The van der Waals surface area contributed by atoms with E-state index in [9.17, 15) is 4.39 Å². The van der Waals surface area contributed by atoms with Gasteiger partial charge >= 0.3 is 0 Å². The summed E-state index contributed by atoms with van der Waals surface area (Å²) in [4.78, 5) is 4.17. The normalized spacial score (nSPS) is 11.3. The van der Waals surface area contributed by atoms with Gasteiger partial charge in [-0.1, -0.05) is 26.0 Å². The maximum Gasteiger partial charge on any atom is 0.190 e. The van der Waals surface area contributed by atoms with Crippen molar-refractivity contribution in [1.82, 2.24) is 10.6 Å². The summed E-state index contributed by atoms with van der Waals surface area (Å²) in [5.41, 5.74) is 1.10. The van der Waals surface area contributed by atoms with Crippen molar-refractivity contribution in [3.05, 3.63) is 35.6 Å². The zero-order valence-corrected chi connectivity index (χ0v) is 16.6. The molecule has 0 spiro atoms. The third-order valence-corrected chi connectivity index (χ3v) is 3.05. The molecule has 0 aliphatic heterocycles. The zero-order chi connectivity index (χ0) is 16.2. The summed E-state index contributed by atoms with van der Waals surface area (Å²) in [5.74, 6) is 1.16. The summed E-state index contributed by atoms with van der Waals surface area (Å²) in [7, 11) is 1.75. The van der Waals surface area contributed by atoms with E-state index in [2.05, 4.69) is 29.5 Å². The highest BCUT2D eigenvalue weighted by molar-refractivity contribution is 14.0. The zero-order valence-electron chi connectivity index (χ0n) is 14.3. The molecular formula is C17H29FIN3O. The topological polar surface area (TPSA) is 45.7 Å². The summed E-state index contributed by atoms with van der Waals surface area (Å²) >= 11 is 0. The van der Waals surface area contributed by atoms with Crippen LogP contribution in [0.3, 0.4) is 0 Å². The Morgan fingerprint density at radius 2 is 1.83 bits per heavy atom. The lowest BCUT2D eigenvalue weighted by Gasteiger charge is -2.12. The van der Waals surface area contributed by atoms with Crippen LogP contribution < -0.4 is 10.6 Å². The van der Waals surface area contributed by atoms with E-state index in [1.807, 2.05) is 0 Å². The van der Waals surface area contributed by atoms with Crippen LogP contribution >= 0.6 is 24.0 Å². The lowest BCUT2D eigenvalue weighted by atomic mass is 10.1. The van der Waals surface area contributed by atoms with Gasteiger partial charge in [0.15, 0.2) is 5.96 Å². The van der Waals surface area contributed by atoms with Gasteiger partial charge in [0.1, 0.15) is 5.82 Å². The van der Waals surface area contributed by atoms with Gasteiger partial charge < -0.3 is 15.4 Å². The molecule has 132 valence electrons. The molecule has 0 aliphatic rings. The number of hydrogen-bond donors (Lipinski definition) is 2. The third kappa shape index (κ3) is 11.3. The maximum atomic E-state index is 12.8. The van der Waals surface area contributed by atoms with Crippen LogP contribution in [0.2, 0.25) is 0 Å². The summed E-state index contributed by atoms with van der Waals surface area (Å²) in [6.07, 6.45) is 1.78. The van der Waals surface area contributed by atoms with E-state index >= 15 is 0 Å². The largest absolute Gasteiger partial charge is 0.381 e. The van der Waals surface area contributed by atoms with Crippen LogP contribution in [0, 0.1) is 11.7 Å². The van der Waals surface area contributed by atoms with E-state index in [0.717, 1.165) is 50.7 Å². The number of aliphatic imine (C=N–C) groups is 1. The van der Waals surface area contributed by atoms with E-state index in [-0.39, 0.29) is 29.8 Å². The molecule has 0 saturated heterocycles. The molecule has 1 rings (SSSR count). The van der Waals surface area contributed by atoms with Crippen molar-refractivity contribution in [3.8, 4) is 0 Å². The molecule has 0 atom stereocenters. The standard InChI is InChI=1S/C17H28FN3O.HI/c1-14(2)13-22-12-4-10-20-17(19-3)21-11-9-15-5-7-16(18)8-6-15;/h5-8,14H,4,9-13H2,1-3H3,(H2,19,20,21);1H. The first kappa shape index (κ1) is 22.1. The highest BCUT2D eigenvalue weighted by atomic mass is 127. The fourth-order valence-corrected chi connectivity index (χ4v) is 1.90. The maximum absolute atomic E-state index is 12.8. The number of benzene rings is 1. The van der Waals surface area contributed by atoms with Crippen molar-refractivity contribution < 1.29 is 9.13 Å². The Labute approximate surface area is 156 Å². The highest BCUT2D eigenvalue weighted by Crippen LogP contribution is 2.02. The molecule has 0 aromatic heterocycles. The number of nitrogens with zero attached hydrogens (tertiary/aromatic N) is 1. The molecule has 0 saturated carbocycles. The van der Waals surface area contributed by atoms with E-state index in [0.29, 0.717) is 5.92 Å². The molecule has 0 unspecified atom stereocenters. The molecule has 0 heterocycles. The number of halogens is 2. The average Bonchev–Trinajstić information content (AvgIpc) is 2.50. The second-order valence-electron chi connectivity index (χ2n) is 5.62. The van der Waals surface area contributed by atoms with Crippen LogP contribution in [0.25, 0.3) is 0 Å². The number of rotatable bonds is 9. The Morgan fingerprint density at radius 3 is 2.43 bits per heavy atom. The van der Waals surface area contributed by atoms with Gasteiger partial charge in [0, 0.05) is 33.4 Å². The first-order valence-electron chi connectivity index (χ1n) is 7.88. The van der Waals surface area contributed by atoms with E-state index in [1.54, 1.807) is 19.2 Å². The second kappa shape index (κ2) is 13.5. The highest BCUT2D eigenvalue weighted by Gasteiger charge is 1.99. The molecule has 23 heavy (non-hydrogen) atoms. The lowest BCUT2D eigenvalue weighted by molar-refractivity contribution is 0.108. The van der Waals surface area contributed by atoms with Gasteiger partial charge in [-0.2, -0.15) is 0 Å². The van der Waals surface area contributed by atoms with Crippen LogP contribution in [-0.2, 0) is 11.2 Å². The quantitative estimate of drug-likeness (QED) is 0.270. The van der Waals surface area contributed by atoms with Crippen LogP contribution in [0.5, 0.6) is 0 Å². The fraction of sp³-hybridized carbons (Fsp3) is 0.588. The molecular weight excluding hydrogens is 408 g/mol. The van der Waals surface area contributed by atoms with Crippen molar-refractivity contribution in [2.45, 2.75) is 26.7 Å².